The van der Waals surface area contributed by atoms with Crippen molar-refractivity contribution in [2.45, 2.75) is 17.4 Å². The van der Waals surface area contributed by atoms with Crippen molar-refractivity contribution in [1.82, 2.24) is 5.32 Å². The van der Waals surface area contributed by atoms with Crippen LogP contribution in [0.2, 0.25) is 0 Å². The number of nitrogens with one attached hydrogen (secondary N) is 1. The number of carbonyl (C=O) groups excluding carboxylic acids is 2. The number of para-hydroxylation sites is 1. The first-order valence-electron chi connectivity index (χ1n) is 9.22. The Hall–Kier alpha value is -2.64. The largest absolute Gasteiger partial charge is 0.344 e. The summed E-state index contributed by atoms with van der Waals surface area (Å²) in [5.74, 6) is -0.0808. The van der Waals surface area contributed by atoms with Gasteiger partial charge in [-0.15, -0.1) is 23.1 Å². The van der Waals surface area contributed by atoms with Crippen molar-refractivity contribution in [3.63, 3.8) is 0 Å². The zero-order valence-electron chi connectivity index (χ0n) is 15.5. The topological polar surface area (TPSA) is 49.4 Å². The number of thioether (sulfide) groups is 1. The molecule has 2 aromatic carbocycles. The van der Waals surface area contributed by atoms with Crippen molar-refractivity contribution in [3.8, 4) is 0 Å². The summed E-state index contributed by atoms with van der Waals surface area (Å²) in [7, 11) is 0. The van der Waals surface area contributed by atoms with Gasteiger partial charge in [0.05, 0.1) is 17.5 Å². The predicted molar refractivity (Wildman–Crippen MR) is 115 cm³/mol. The highest BCUT2D eigenvalue weighted by Gasteiger charge is 2.25. The van der Waals surface area contributed by atoms with Crippen LogP contribution >= 0.6 is 23.1 Å². The van der Waals surface area contributed by atoms with Crippen LogP contribution in [0.25, 0.3) is 0 Å². The minimum absolute atomic E-state index is 0.00911. The van der Waals surface area contributed by atoms with Crippen LogP contribution in [0.3, 0.4) is 0 Å². The SMILES string of the molecule is O=C(CCN1C(=O)CSc2ccccc21)N[C@H](c1ccc(F)cc1)c1cccs1. The van der Waals surface area contributed by atoms with E-state index in [4.69, 9.17) is 0 Å². The Morgan fingerprint density at radius 1 is 1.10 bits per heavy atom. The molecule has 0 saturated carbocycles. The molecular formula is C22H19FN2O2S2. The number of rotatable bonds is 6. The number of amides is 2. The molecule has 1 atom stereocenters. The lowest BCUT2D eigenvalue weighted by atomic mass is 10.0. The van der Waals surface area contributed by atoms with E-state index in [1.54, 1.807) is 17.0 Å². The van der Waals surface area contributed by atoms with Gasteiger partial charge >= 0.3 is 0 Å². The van der Waals surface area contributed by atoms with Crippen LogP contribution < -0.4 is 10.2 Å². The van der Waals surface area contributed by atoms with Gasteiger partial charge in [0.15, 0.2) is 0 Å². The van der Waals surface area contributed by atoms with Crippen molar-refractivity contribution in [2.24, 2.45) is 0 Å². The number of anilines is 1. The number of benzene rings is 2. The highest BCUT2D eigenvalue weighted by Crippen LogP contribution is 2.35. The van der Waals surface area contributed by atoms with E-state index in [1.165, 1.54) is 35.2 Å². The lowest BCUT2D eigenvalue weighted by molar-refractivity contribution is -0.121. The quantitative estimate of drug-likeness (QED) is 0.626. The fourth-order valence-corrected chi connectivity index (χ4v) is 5.01. The fraction of sp³-hybridized carbons (Fsp3) is 0.182. The minimum atomic E-state index is -0.344. The summed E-state index contributed by atoms with van der Waals surface area (Å²) in [6.45, 7) is 0.322. The Kier molecular flexibility index (Phi) is 5.97. The first kappa shape index (κ1) is 19.7. The van der Waals surface area contributed by atoms with Crippen LogP contribution in [0.4, 0.5) is 10.1 Å². The molecule has 1 aliphatic heterocycles. The van der Waals surface area contributed by atoms with Gasteiger partial charge in [0.25, 0.3) is 0 Å². The molecule has 0 spiro atoms. The average Bonchev–Trinajstić information content (AvgIpc) is 3.26. The highest BCUT2D eigenvalue weighted by atomic mass is 32.2. The summed E-state index contributed by atoms with van der Waals surface area (Å²) in [6, 6.07) is 17.4. The molecule has 0 fully saturated rings. The normalized spacial score (nSPS) is 14.4. The molecule has 29 heavy (non-hydrogen) atoms. The molecule has 7 heteroatoms. The smallest absolute Gasteiger partial charge is 0.237 e. The zero-order valence-corrected chi connectivity index (χ0v) is 17.1. The molecule has 2 heterocycles. The van der Waals surface area contributed by atoms with Crippen molar-refractivity contribution < 1.29 is 14.0 Å². The number of thiophene rings is 1. The van der Waals surface area contributed by atoms with Crippen LogP contribution in [0.5, 0.6) is 0 Å². The van der Waals surface area contributed by atoms with Gasteiger partial charge in [0.1, 0.15) is 5.82 Å². The number of hydrogen-bond acceptors (Lipinski definition) is 4. The Morgan fingerprint density at radius 2 is 1.90 bits per heavy atom. The molecule has 0 aliphatic carbocycles. The molecule has 2 amide bonds. The number of fused-ring (bicyclic) bond motifs is 1. The van der Waals surface area contributed by atoms with Crippen molar-refractivity contribution in [3.05, 3.63) is 82.3 Å². The standard InChI is InChI=1S/C22H19FN2O2S2/c23-16-9-7-15(8-10-16)22(19-6-3-13-28-19)24-20(26)11-12-25-17-4-1-2-5-18(17)29-14-21(25)27/h1-10,13,22H,11-12,14H2,(H,24,26)/t22-/m1/s1. The van der Waals surface area contributed by atoms with Crippen molar-refractivity contribution >= 4 is 40.6 Å². The average molecular weight is 427 g/mol. The molecule has 1 aromatic heterocycles. The van der Waals surface area contributed by atoms with Crippen molar-refractivity contribution in [1.29, 1.82) is 0 Å². The number of nitrogens with zero attached hydrogens (tertiary/aromatic N) is 1. The fourth-order valence-electron chi connectivity index (χ4n) is 3.28. The third-order valence-corrected chi connectivity index (χ3v) is 6.69. The van der Waals surface area contributed by atoms with Gasteiger partial charge < -0.3 is 10.2 Å². The van der Waals surface area contributed by atoms with Gasteiger partial charge in [0, 0.05) is 22.7 Å². The van der Waals surface area contributed by atoms with Crippen LogP contribution in [0.15, 0.2) is 70.9 Å². The lowest BCUT2D eigenvalue weighted by Gasteiger charge is -2.29. The molecule has 4 rings (SSSR count). The van der Waals surface area contributed by atoms with E-state index in [-0.39, 0.29) is 30.1 Å². The van der Waals surface area contributed by atoms with Crippen LogP contribution in [0.1, 0.15) is 22.9 Å². The molecule has 0 radical (unpaired) electrons. The first-order valence-corrected chi connectivity index (χ1v) is 11.1. The van der Waals surface area contributed by atoms with Gasteiger partial charge in [-0.05, 0) is 41.3 Å². The maximum absolute atomic E-state index is 13.3. The van der Waals surface area contributed by atoms with E-state index < -0.39 is 0 Å². The zero-order chi connectivity index (χ0) is 20.2. The number of hydrogen-bond donors (Lipinski definition) is 1. The summed E-state index contributed by atoms with van der Waals surface area (Å²) >= 11 is 3.05. The van der Waals surface area contributed by atoms with E-state index in [2.05, 4.69) is 5.32 Å². The van der Waals surface area contributed by atoms with Gasteiger partial charge in [-0.3, -0.25) is 9.59 Å². The minimum Gasteiger partial charge on any atom is -0.344 e. The van der Waals surface area contributed by atoms with Crippen LogP contribution in [0, 0.1) is 5.82 Å². The summed E-state index contributed by atoms with van der Waals surface area (Å²) in [6.07, 6.45) is 0.188. The van der Waals surface area contributed by atoms with Crippen LogP contribution in [-0.4, -0.2) is 24.1 Å². The molecule has 4 nitrogen and oxygen atoms in total. The van der Waals surface area contributed by atoms with E-state index >= 15 is 0 Å². The summed E-state index contributed by atoms with van der Waals surface area (Å²) in [4.78, 5) is 28.8. The third-order valence-electron chi connectivity index (χ3n) is 4.71. The monoisotopic (exact) mass is 426 g/mol. The molecular weight excluding hydrogens is 407 g/mol. The lowest BCUT2D eigenvalue weighted by Crippen LogP contribution is -2.39. The first-order chi connectivity index (χ1) is 14.1. The molecule has 1 aliphatic rings. The van der Waals surface area contributed by atoms with E-state index in [0.29, 0.717) is 12.3 Å². The molecule has 3 aromatic rings. The van der Waals surface area contributed by atoms with Gasteiger partial charge in [-0.1, -0.05) is 30.3 Å². The second-order valence-corrected chi connectivity index (χ2v) is 8.62. The molecule has 1 N–H and O–H groups in total. The summed E-state index contributed by atoms with van der Waals surface area (Å²) in [5.41, 5.74) is 1.67. The summed E-state index contributed by atoms with van der Waals surface area (Å²) in [5, 5.41) is 4.98. The summed E-state index contributed by atoms with van der Waals surface area (Å²) < 4.78 is 13.3. The van der Waals surface area contributed by atoms with Crippen LogP contribution in [-0.2, 0) is 9.59 Å². The predicted octanol–water partition coefficient (Wildman–Crippen LogP) is 4.62. The Labute approximate surface area is 176 Å². The van der Waals surface area contributed by atoms with Gasteiger partial charge in [-0.2, -0.15) is 0 Å². The molecule has 0 saturated heterocycles. The number of carbonyl (C=O) groups is 2. The second kappa shape index (κ2) is 8.80. The Morgan fingerprint density at radius 3 is 2.66 bits per heavy atom. The van der Waals surface area contributed by atoms with Gasteiger partial charge in [0.2, 0.25) is 11.8 Å². The van der Waals surface area contributed by atoms with Crippen molar-refractivity contribution in [2.75, 3.05) is 17.2 Å². The van der Waals surface area contributed by atoms with E-state index in [1.807, 2.05) is 41.8 Å². The Balaban J connectivity index is 1.46. The maximum atomic E-state index is 13.3. The molecule has 0 bridgehead atoms. The number of halogens is 1. The van der Waals surface area contributed by atoms with Gasteiger partial charge in [-0.25, -0.2) is 4.39 Å². The van der Waals surface area contributed by atoms with E-state index in [9.17, 15) is 14.0 Å². The highest BCUT2D eigenvalue weighted by molar-refractivity contribution is 8.00. The third kappa shape index (κ3) is 4.52. The molecule has 148 valence electrons. The molecule has 0 unspecified atom stereocenters. The Bertz CT molecular complexity index is 1010. The second-order valence-electron chi connectivity index (χ2n) is 6.62. The van der Waals surface area contributed by atoms with E-state index in [0.717, 1.165) is 21.0 Å². The maximum Gasteiger partial charge on any atom is 0.237 e.